The van der Waals surface area contributed by atoms with Crippen molar-refractivity contribution in [3.8, 4) is 0 Å². The van der Waals surface area contributed by atoms with Crippen LogP contribution in [0.4, 0.5) is 5.69 Å². The van der Waals surface area contributed by atoms with Crippen molar-refractivity contribution in [2.45, 2.75) is 12.8 Å². The molecular formula is C15H17NO2. The van der Waals surface area contributed by atoms with Gasteiger partial charge >= 0.3 is 5.97 Å². The molecule has 18 heavy (non-hydrogen) atoms. The Kier molecular flexibility index (Phi) is 2.82. The van der Waals surface area contributed by atoms with Crippen LogP contribution in [0.3, 0.4) is 0 Å². The van der Waals surface area contributed by atoms with Gasteiger partial charge in [0.25, 0.3) is 0 Å². The highest BCUT2D eigenvalue weighted by atomic mass is 16.4. The molecular weight excluding hydrogens is 226 g/mol. The topological polar surface area (TPSA) is 49.3 Å². The zero-order valence-corrected chi connectivity index (χ0v) is 10.2. The number of aromatic carboxylic acids is 1. The Morgan fingerprint density at radius 1 is 1.33 bits per heavy atom. The van der Waals surface area contributed by atoms with Crippen LogP contribution < -0.4 is 5.32 Å². The maximum atomic E-state index is 10.9. The van der Waals surface area contributed by atoms with Gasteiger partial charge < -0.3 is 10.4 Å². The van der Waals surface area contributed by atoms with Crippen molar-refractivity contribution >= 4 is 11.7 Å². The second-order valence-corrected chi connectivity index (χ2v) is 5.31. The van der Waals surface area contributed by atoms with Gasteiger partial charge in [0.1, 0.15) is 0 Å². The lowest BCUT2D eigenvalue weighted by Crippen LogP contribution is -2.18. The molecule has 0 spiro atoms. The molecule has 3 unspecified atom stereocenters. The summed E-state index contributed by atoms with van der Waals surface area (Å²) < 4.78 is 0. The van der Waals surface area contributed by atoms with Crippen molar-refractivity contribution in [2.75, 3.05) is 11.9 Å². The first-order valence-electron chi connectivity index (χ1n) is 6.48. The summed E-state index contributed by atoms with van der Waals surface area (Å²) in [5, 5.41) is 12.3. The van der Waals surface area contributed by atoms with Crippen molar-refractivity contribution in [1.29, 1.82) is 0 Å². The lowest BCUT2D eigenvalue weighted by molar-refractivity contribution is 0.0697. The number of hydrogen-bond donors (Lipinski definition) is 2. The molecule has 2 aliphatic carbocycles. The quantitative estimate of drug-likeness (QED) is 0.799. The standard InChI is InChI=1S/C15H17NO2/c17-15(18)12-2-1-3-14(8-12)16-9-13-7-10-4-5-11(13)6-10/h1-5,8,10-11,13,16H,6-7,9H2,(H,17,18). The average molecular weight is 243 g/mol. The van der Waals surface area contributed by atoms with Crippen molar-refractivity contribution in [3.63, 3.8) is 0 Å². The minimum absolute atomic E-state index is 0.341. The first-order valence-corrected chi connectivity index (χ1v) is 6.48. The maximum Gasteiger partial charge on any atom is 0.335 e. The lowest BCUT2D eigenvalue weighted by Gasteiger charge is -2.19. The fourth-order valence-electron chi connectivity index (χ4n) is 3.14. The Bertz CT molecular complexity index is 495. The fourth-order valence-corrected chi connectivity index (χ4v) is 3.14. The number of carboxylic acid groups (broad SMARTS) is 1. The van der Waals surface area contributed by atoms with E-state index in [1.807, 2.05) is 6.07 Å². The van der Waals surface area contributed by atoms with Gasteiger partial charge in [0, 0.05) is 12.2 Å². The van der Waals surface area contributed by atoms with Gasteiger partial charge in [0.2, 0.25) is 0 Å². The zero-order chi connectivity index (χ0) is 12.5. The number of hydrogen-bond acceptors (Lipinski definition) is 2. The summed E-state index contributed by atoms with van der Waals surface area (Å²) in [5.74, 6) is 1.34. The van der Waals surface area contributed by atoms with E-state index in [0.29, 0.717) is 11.5 Å². The minimum atomic E-state index is -0.874. The molecule has 0 aliphatic heterocycles. The van der Waals surface area contributed by atoms with Crippen molar-refractivity contribution < 1.29 is 9.90 Å². The van der Waals surface area contributed by atoms with E-state index in [-0.39, 0.29) is 0 Å². The molecule has 0 saturated heterocycles. The van der Waals surface area contributed by atoms with E-state index in [4.69, 9.17) is 5.11 Å². The van der Waals surface area contributed by atoms with Gasteiger partial charge in [-0.1, -0.05) is 18.2 Å². The van der Waals surface area contributed by atoms with Crippen molar-refractivity contribution in [1.82, 2.24) is 0 Å². The third-order valence-electron chi connectivity index (χ3n) is 4.09. The Labute approximate surface area is 107 Å². The van der Waals surface area contributed by atoms with Gasteiger partial charge in [-0.3, -0.25) is 0 Å². The summed E-state index contributed by atoms with van der Waals surface area (Å²) >= 11 is 0. The number of allylic oxidation sites excluding steroid dienone is 2. The van der Waals surface area contributed by atoms with Crippen LogP contribution >= 0.6 is 0 Å². The fraction of sp³-hybridized carbons (Fsp3) is 0.400. The molecule has 0 radical (unpaired) electrons. The van der Waals surface area contributed by atoms with Crippen LogP contribution in [0.1, 0.15) is 23.2 Å². The maximum absolute atomic E-state index is 10.9. The summed E-state index contributed by atoms with van der Waals surface area (Å²) in [5.41, 5.74) is 1.24. The van der Waals surface area contributed by atoms with Gasteiger partial charge in [-0.15, -0.1) is 0 Å². The smallest absolute Gasteiger partial charge is 0.335 e. The van der Waals surface area contributed by atoms with E-state index in [9.17, 15) is 4.79 Å². The second-order valence-electron chi connectivity index (χ2n) is 5.31. The summed E-state index contributed by atoms with van der Waals surface area (Å²) in [4.78, 5) is 10.9. The SMILES string of the molecule is O=C(O)c1cccc(NCC2CC3C=CC2C3)c1. The van der Waals surface area contributed by atoms with Crippen LogP contribution in [0.25, 0.3) is 0 Å². The summed E-state index contributed by atoms with van der Waals surface area (Å²) in [6.45, 7) is 0.939. The molecule has 0 heterocycles. The Balaban J connectivity index is 1.62. The van der Waals surface area contributed by atoms with Gasteiger partial charge in [-0.2, -0.15) is 0 Å². The van der Waals surface area contributed by atoms with Crippen LogP contribution in [-0.2, 0) is 0 Å². The molecule has 1 saturated carbocycles. The predicted octanol–water partition coefficient (Wildman–Crippen LogP) is 3.01. The number of carbonyl (C=O) groups is 1. The normalized spacial score (nSPS) is 28.6. The summed E-state index contributed by atoms with van der Waals surface area (Å²) in [7, 11) is 0. The second kappa shape index (κ2) is 4.48. The molecule has 3 nitrogen and oxygen atoms in total. The molecule has 1 aromatic rings. The molecule has 0 amide bonds. The van der Waals surface area contributed by atoms with Gasteiger partial charge in [-0.05, 0) is 48.8 Å². The molecule has 1 aromatic carbocycles. The first-order chi connectivity index (χ1) is 8.72. The van der Waals surface area contributed by atoms with Crippen LogP contribution in [0.5, 0.6) is 0 Å². The summed E-state index contributed by atoms with van der Waals surface area (Å²) in [6, 6.07) is 7.03. The summed E-state index contributed by atoms with van der Waals surface area (Å²) in [6.07, 6.45) is 7.26. The van der Waals surface area contributed by atoms with Gasteiger partial charge in [-0.25, -0.2) is 4.79 Å². The largest absolute Gasteiger partial charge is 0.478 e. The van der Waals surface area contributed by atoms with Gasteiger partial charge in [0.15, 0.2) is 0 Å². The molecule has 3 heteroatoms. The van der Waals surface area contributed by atoms with Crippen LogP contribution in [0.15, 0.2) is 36.4 Å². The molecule has 1 fully saturated rings. The number of rotatable bonds is 4. The van der Waals surface area contributed by atoms with Crippen molar-refractivity contribution in [3.05, 3.63) is 42.0 Å². The zero-order valence-electron chi connectivity index (χ0n) is 10.2. The number of fused-ring (bicyclic) bond motifs is 2. The van der Waals surface area contributed by atoms with E-state index in [0.717, 1.165) is 24.1 Å². The Morgan fingerprint density at radius 2 is 2.22 bits per heavy atom. The number of anilines is 1. The molecule has 94 valence electrons. The monoisotopic (exact) mass is 243 g/mol. The molecule has 2 N–H and O–H groups in total. The molecule has 2 bridgehead atoms. The molecule has 3 atom stereocenters. The molecule has 3 rings (SSSR count). The number of carboxylic acids is 1. The highest BCUT2D eigenvalue weighted by Gasteiger charge is 2.35. The third kappa shape index (κ3) is 2.13. The highest BCUT2D eigenvalue weighted by molar-refractivity contribution is 5.88. The first kappa shape index (κ1) is 11.3. The highest BCUT2D eigenvalue weighted by Crippen LogP contribution is 2.43. The van der Waals surface area contributed by atoms with E-state index in [2.05, 4.69) is 17.5 Å². The van der Waals surface area contributed by atoms with Crippen LogP contribution in [-0.4, -0.2) is 17.6 Å². The van der Waals surface area contributed by atoms with E-state index < -0.39 is 5.97 Å². The van der Waals surface area contributed by atoms with E-state index in [1.165, 1.54) is 12.8 Å². The lowest BCUT2D eigenvalue weighted by atomic mass is 9.93. The van der Waals surface area contributed by atoms with Gasteiger partial charge in [0.05, 0.1) is 5.56 Å². The van der Waals surface area contributed by atoms with E-state index in [1.54, 1.807) is 18.2 Å². The number of nitrogens with one attached hydrogen (secondary N) is 1. The van der Waals surface area contributed by atoms with Crippen LogP contribution in [0.2, 0.25) is 0 Å². The Hall–Kier alpha value is -1.77. The minimum Gasteiger partial charge on any atom is -0.478 e. The van der Waals surface area contributed by atoms with Crippen LogP contribution in [0, 0.1) is 17.8 Å². The predicted molar refractivity (Wildman–Crippen MR) is 70.7 cm³/mol. The Morgan fingerprint density at radius 3 is 2.89 bits per heavy atom. The molecule has 0 aromatic heterocycles. The number of benzene rings is 1. The third-order valence-corrected chi connectivity index (χ3v) is 4.09. The average Bonchev–Trinajstić information content (AvgIpc) is 2.99. The van der Waals surface area contributed by atoms with E-state index >= 15 is 0 Å². The molecule has 2 aliphatic rings. The van der Waals surface area contributed by atoms with Crippen molar-refractivity contribution in [2.24, 2.45) is 17.8 Å².